The number of aromatic nitrogens is 4. The summed E-state index contributed by atoms with van der Waals surface area (Å²) in [5, 5.41) is 4.17. The van der Waals surface area contributed by atoms with Gasteiger partial charge < -0.3 is 4.90 Å². The minimum atomic E-state index is -3.70. The van der Waals surface area contributed by atoms with Crippen LogP contribution in [-0.2, 0) is 10.0 Å². The number of nitrogens with zero attached hydrogens (tertiary/aromatic N) is 5. The fourth-order valence-electron chi connectivity index (χ4n) is 3.72. The first-order valence-corrected chi connectivity index (χ1v) is 11.6. The van der Waals surface area contributed by atoms with Crippen molar-refractivity contribution in [1.82, 2.24) is 19.7 Å². The minimum absolute atomic E-state index is 0.237. The standard InChI is InChI=1S/C21H26N6O2S/c1-26(2)19-13-22-21(23-14-19)27-15-18(12-24-27)25-30(28,29)20-10-8-17(9-11-20)16-6-4-3-5-7-16/h8-16,25H,3-7H2,1-2H3. The highest BCUT2D eigenvalue weighted by molar-refractivity contribution is 7.92. The van der Waals surface area contributed by atoms with Crippen molar-refractivity contribution in [1.29, 1.82) is 0 Å². The summed E-state index contributed by atoms with van der Waals surface area (Å²) >= 11 is 0. The molecular weight excluding hydrogens is 400 g/mol. The Morgan fingerprint density at radius 2 is 1.67 bits per heavy atom. The second-order valence-corrected chi connectivity index (χ2v) is 9.50. The van der Waals surface area contributed by atoms with Crippen molar-refractivity contribution >= 4 is 21.4 Å². The molecule has 8 nitrogen and oxygen atoms in total. The highest BCUT2D eigenvalue weighted by Gasteiger charge is 2.19. The fourth-order valence-corrected chi connectivity index (χ4v) is 4.75. The van der Waals surface area contributed by atoms with Crippen LogP contribution in [0.5, 0.6) is 0 Å². The van der Waals surface area contributed by atoms with Crippen LogP contribution in [0.3, 0.4) is 0 Å². The molecule has 3 aromatic rings. The molecule has 1 aromatic carbocycles. The molecule has 0 aliphatic heterocycles. The molecule has 0 bridgehead atoms. The van der Waals surface area contributed by atoms with Crippen molar-refractivity contribution in [2.45, 2.75) is 42.9 Å². The van der Waals surface area contributed by atoms with E-state index in [9.17, 15) is 8.42 Å². The Morgan fingerprint density at radius 1 is 1.00 bits per heavy atom. The normalized spacial score (nSPS) is 15.1. The summed E-state index contributed by atoms with van der Waals surface area (Å²) in [6, 6.07) is 7.24. The number of sulfonamides is 1. The van der Waals surface area contributed by atoms with Crippen molar-refractivity contribution in [2.24, 2.45) is 0 Å². The molecular formula is C21H26N6O2S. The summed E-state index contributed by atoms with van der Waals surface area (Å²) in [5.41, 5.74) is 2.44. The third kappa shape index (κ3) is 4.46. The van der Waals surface area contributed by atoms with Gasteiger partial charge in [0, 0.05) is 14.1 Å². The first-order valence-electron chi connectivity index (χ1n) is 10.1. The van der Waals surface area contributed by atoms with Gasteiger partial charge in [0.1, 0.15) is 0 Å². The van der Waals surface area contributed by atoms with Crippen LogP contribution in [0.1, 0.15) is 43.6 Å². The van der Waals surface area contributed by atoms with Gasteiger partial charge in [0.05, 0.1) is 41.1 Å². The molecule has 0 spiro atoms. The fraction of sp³-hybridized carbons (Fsp3) is 0.381. The molecule has 0 atom stereocenters. The third-order valence-electron chi connectivity index (χ3n) is 5.45. The van der Waals surface area contributed by atoms with Crippen molar-refractivity contribution in [2.75, 3.05) is 23.7 Å². The topological polar surface area (TPSA) is 93.0 Å². The predicted molar refractivity (Wildman–Crippen MR) is 117 cm³/mol. The van der Waals surface area contributed by atoms with Crippen LogP contribution in [0, 0.1) is 0 Å². The van der Waals surface area contributed by atoms with Crippen LogP contribution in [0.15, 0.2) is 53.9 Å². The molecule has 1 aliphatic carbocycles. The summed E-state index contributed by atoms with van der Waals surface area (Å²) in [6.45, 7) is 0. The van der Waals surface area contributed by atoms with Gasteiger partial charge in [0.15, 0.2) is 0 Å². The summed E-state index contributed by atoms with van der Waals surface area (Å²) in [4.78, 5) is 10.7. The van der Waals surface area contributed by atoms with Gasteiger partial charge in [-0.05, 0) is 36.5 Å². The molecule has 1 N–H and O–H groups in total. The van der Waals surface area contributed by atoms with E-state index in [1.165, 1.54) is 48.5 Å². The largest absolute Gasteiger partial charge is 0.375 e. The molecule has 0 amide bonds. The molecule has 0 saturated heterocycles. The Morgan fingerprint density at radius 3 is 2.30 bits per heavy atom. The van der Waals surface area contributed by atoms with Crippen LogP contribution in [0.2, 0.25) is 0 Å². The molecule has 1 aliphatic rings. The third-order valence-corrected chi connectivity index (χ3v) is 6.84. The van der Waals surface area contributed by atoms with Gasteiger partial charge in [-0.3, -0.25) is 4.72 Å². The summed E-state index contributed by atoms with van der Waals surface area (Å²) < 4.78 is 29.6. The SMILES string of the molecule is CN(C)c1cnc(-n2cc(NS(=O)(=O)c3ccc(C4CCCCC4)cc3)cn2)nc1. The molecule has 0 unspecified atom stereocenters. The van der Waals surface area contributed by atoms with Crippen molar-refractivity contribution < 1.29 is 8.42 Å². The maximum absolute atomic E-state index is 12.8. The second kappa shape index (κ2) is 8.43. The molecule has 9 heteroatoms. The van der Waals surface area contributed by atoms with Gasteiger partial charge in [-0.1, -0.05) is 31.4 Å². The number of anilines is 2. The van der Waals surface area contributed by atoms with E-state index in [1.807, 2.05) is 31.1 Å². The molecule has 2 aromatic heterocycles. The van der Waals surface area contributed by atoms with Crippen LogP contribution in [0.25, 0.3) is 5.95 Å². The van der Waals surface area contributed by atoms with E-state index < -0.39 is 10.0 Å². The van der Waals surface area contributed by atoms with E-state index in [1.54, 1.807) is 30.7 Å². The molecule has 2 heterocycles. The molecule has 0 radical (unpaired) electrons. The zero-order chi connectivity index (χ0) is 21.1. The number of rotatable bonds is 6. The average molecular weight is 427 g/mol. The van der Waals surface area contributed by atoms with E-state index in [0.717, 1.165) is 5.69 Å². The number of hydrogen-bond donors (Lipinski definition) is 1. The zero-order valence-corrected chi connectivity index (χ0v) is 18.0. The molecule has 30 heavy (non-hydrogen) atoms. The van der Waals surface area contributed by atoms with E-state index in [4.69, 9.17) is 0 Å². The van der Waals surface area contributed by atoms with Crippen LogP contribution in [0.4, 0.5) is 11.4 Å². The van der Waals surface area contributed by atoms with Gasteiger partial charge >= 0.3 is 0 Å². The Balaban J connectivity index is 1.47. The number of benzene rings is 1. The van der Waals surface area contributed by atoms with E-state index in [2.05, 4.69) is 19.8 Å². The Kier molecular flexibility index (Phi) is 5.72. The lowest BCUT2D eigenvalue weighted by Gasteiger charge is -2.22. The van der Waals surface area contributed by atoms with Crippen LogP contribution >= 0.6 is 0 Å². The number of nitrogens with one attached hydrogen (secondary N) is 1. The highest BCUT2D eigenvalue weighted by atomic mass is 32.2. The number of hydrogen-bond acceptors (Lipinski definition) is 6. The smallest absolute Gasteiger partial charge is 0.261 e. The first kappa shape index (κ1) is 20.3. The van der Waals surface area contributed by atoms with Crippen molar-refractivity contribution in [3.63, 3.8) is 0 Å². The van der Waals surface area contributed by atoms with Gasteiger partial charge in [-0.25, -0.2) is 23.1 Å². The van der Waals surface area contributed by atoms with E-state index in [0.29, 0.717) is 17.6 Å². The maximum atomic E-state index is 12.8. The lowest BCUT2D eigenvalue weighted by molar-refractivity contribution is 0.443. The Bertz CT molecular complexity index is 1090. The molecule has 1 fully saturated rings. The van der Waals surface area contributed by atoms with Crippen molar-refractivity contribution in [3.05, 3.63) is 54.6 Å². The highest BCUT2D eigenvalue weighted by Crippen LogP contribution is 2.33. The van der Waals surface area contributed by atoms with Gasteiger partial charge in [-0.15, -0.1) is 0 Å². The summed E-state index contributed by atoms with van der Waals surface area (Å²) in [5.74, 6) is 0.906. The van der Waals surface area contributed by atoms with E-state index in [-0.39, 0.29) is 4.90 Å². The van der Waals surface area contributed by atoms with E-state index >= 15 is 0 Å². The lowest BCUT2D eigenvalue weighted by atomic mass is 9.84. The first-order chi connectivity index (χ1) is 14.4. The lowest BCUT2D eigenvalue weighted by Crippen LogP contribution is -2.13. The molecule has 158 valence electrons. The maximum Gasteiger partial charge on any atom is 0.261 e. The van der Waals surface area contributed by atoms with Gasteiger partial charge in [0.25, 0.3) is 16.0 Å². The van der Waals surface area contributed by atoms with Crippen LogP contribution in [-0.4, -0.2) is 42.3 Å². The summed E-state index contributed by atoms with van der Waals surface area (Å²) in [7, 11) is 0.109. The van der Waals surface area contributed by atoms with Crippen LogP contribution < -0.4 is 9.62 Å². The van der Waals surface area contributed by atoms with Crippen molar-refractivity contribution in [3.8, 4) is 5.95 Å². The van der Waals surface area contributed by atoms with Gasteiger partial charge in [-0.2, -0.15) is 5.10 Å². The zero-order valence-electron chi connectivity index (χ0n) is 17.2. The quantitative estimate of drug-likeness (QED) is 0.648. The summed E-state index contributed by atoms with van der Waals surface area (Å²) in [6.07, 6.45) is 12.5. The monoisotopic (exact) mass is 426 g/mol. The predicted octanol–water partition coefficient (Wildman–Crippen LogP) is 3.58. The minimum Gasteiger partial charge on any atom is -0.375 e. The molecule has 1 saturated carbocycles. The average Bonchev–Trinajstić information content (AvgIpc) is 3.22. The van der Waals surface area contributed by atoms with Gasteiger partial charge in [0.2, 0.25) is 0 Å². The Hall–Kier alpha value is -2.94. The molecule has 4 rings (SSSR count). The Labute approximate surface area is 177 Å². The second-order valence-electron chi connectivity index (χ2n) is 7.82.